The third-order valence-electron chi connectivity index (χ3n) is 3.35. The predicted molar refractivity (Wildman–Crippen MR) is 80.5 cm³/mol. The molecule has 0 saturated carbocycles. The normalized spacial score (nSPS) is 15.9. The molecule has 20 heavy (non-hydrogen) atoms. The fraction of sp³-hybridized carbons (Fsp3) is 0.357. The van der Waals surface area contributed by atoms with Crippen LogP contribution in [0.4, 0.5) is 0 Å². The van der Waals surface area contributed by atoms with Gasteiger partial charge in [0.2, 0.25) is 5.91 Å². The number of hydrogen-bond donors (Lipinski definition) is 1. The van der Waals surface area contributed by atoms with Gasteiger partial charge in [-0.1, -0.05) is 24.4 Å². The molecule has 6 heteroatoms. The van der Waals surface area contributed by atoms with Crippen molar-refractivity contribution in [3.63, 3.8) is 0 Å². The quantitative estimate of drug-likeness (QED) is 0.812. The Morgan fingerprint density at radius 2 is 2.00 bits per heavy atom. The van der Waals surface area contributed by atoms with Crippen LogP contribution in [0.1, 0.15) is 22.3 Å². The van der Waals surface area contributed by atoms with E-state index in [9.17, 15) is 9.59 Å². The molecule has 1 aliphatic heterocycles. The third kappa shape index (κ3) is 3.14. The number of thiocarbonyl (C=S) groups is 1. The average Bonchev–Trinajstić information content (AvgIpc) is 2.60. The Bertz CT molecular complexity index is 559. The summed E-state index contributed by atoms with van der Waals surface area (Å²) in [4.78, 5) is 27.8. The fourth-order valence-corrected chi connectivity index (χ4v) is 2.27. The first-order valence-corrected chi connectivity index (χ1v) is 6.83. The lowest BCUT2D eigenvalue weighted by Gasteiger charge is -2.20. The highest BCUT2D eigenvalue weighted by molar-refractivity contribution is 7.80. The first-order chi connectivity index (χ1) is 9.49. The maximum absolute atomic E-state index is 12.5. The van der Waals surface area contributed by atoms with Crippen LogP contribution in [-0.2, 0) is 4.79 Å². The second-order valence-corrected chi connectivity index (χ2v) is 5.28. The molecule has 2 amide bonds. The van der Waals surface area contributed by atoms with Crippen molar-refractivity contribution >= 4 is 29.0 Å². The van der Waals surface area contributed by atoms with Crippen LogP contribution >= 0.6 is 12.2 Å². The van der Waals surface area contributed by atoms with E-state index in [0.717, 1.165) is 6.42 Å². The number of hydrogen-bond acceptors (Lipinski definition) is 3. The number of nitrogens with zero attached hydrogens (tertiary/aromatic N) is 2. The molecule has 1 saturated heterocycles. The molecule has 0 atom stereocenters. The molecule has 0 bridgehead atoms. The first kappa shape index (κ1) is 14.5. The summed E-state index contributed by atoms with van der Waals surface area (Å²) < 4.78 is 0. The van der Waals surface area contributed by atoms with Crippen LogP contribution in [0.5, 0.6) is 0 Å². The maximum Gasteiger partial charge on any atom is 0.254 e. The van der Waals surface area contributed by atoms with Crippen molar-refractivity contribution in [3.05, 3.63) is 35.4 Å². The van der Waals surface area contributed by atoms with Gasteiger partial charge in [-0.05, 0) is 18.6 Å². The minimum Gasteiger partial charge on any atom is -0.389 e. The molecule has 0 spiro atoms. The Morgan fingerprint density at radius 1 is 1.30 bits per heavy atom. The van der Waals surface area contributed by atoms with Crippen molar-refractivity contribution in [2.75, 3.05) is 26.7 Å². The van der Waals surface area contributed by atoms with Crippen molar-refractivity contribution in [2.24, 2.45) is 5.73 Å². The number of amides is 2. The van der Waals surface area contributed by atoms with Gasteiger partial charge in [0, 0.05) is 31.3 Å². The molecular weight excluding hydrogens is 274 g/mol. The lowest BCUT2D eigenvalue weighted by molar-refractivity contribution is -0.129. The van der Waals surface area contributed by atoms with E-state index in [1.54, 1.807) is 41.1 Å². The summed E-state index contributed by atoms with van der Waals surface area (Å²) in [5.41, 5.74) is 6.74. The molecule has 0 aliphatic carbocycles. The molecule has 0 radical (unpaired) electrons. The molecular formula is C14H17N3O2S. The third-order valence-corrected chi connectivity index (χ3v) is 3.59. The molecule has 0 unspecified atom stereocenters. The van der Waals surface area contributed by atoms with Crippen molar-refractivity contribution in [2.45, 2.75) is 6.42 Å². The van der Waals surface area contributed by atoms with Crippen LogP contribution in [-0.4, -0.2) is 53.3 Å². The number of benzene rings is 1. The molecule has 1 aliphatic rings. The van der Waals surface area contributed by atoms with Crippen LogP contribution in [0.25, 0.3) is 0 Å². The molecule has 2 rings (SSSR count). The van der Waals surface area contributed by atoms with E-state index in [-0.39, 0.29) is 23.3 Å². The number of carbonyl (C=O) groups is 2. The number of nitrogens with two attached hydrogens (primary N) is 1. The second-order valence-electron chi connectivity index (χ2n) is 4.84. The smallest absolute Gasteiger partial charge is 0.254 e. The minimum atomic E-state index is -0.160. The lowest BCUT2D eigenvalue weighted by atomic mass is 10.1. The van der Waals surface area contributed by atoms with Crippen LogP contribution in [0.3, 0.4) is 0 Å². The van der Waals surface area contributed by atoms with Crippen molar-refractivity contribution in [1.82, 2.24) is 9.80 Å². The highest BCUT2D eigenvalue weighted by atomic mass is 32.1. The molecule has 2 N–H and O–H groups in total. The van der Waals surface area contributed by atoms with Gasteiger partial charge in [0.05, 0.1) is 0 Å². The topological polar surface area (TPSA) is 66.6 Å². The Kier molecular flexibility index (Phi) is 4.34. The summed E-state index contributed by atoms with van der Waals surface area (Å²) in [5, 5.41) is 0. The first-order valence-electron chi connectivity index (χ1n) is 6.42. The Labute approximate surface area is 123 Å². The summed E-state index contributed by atoms with van der Waals surface area (Å²) in [5.74, 6) is -0.201. The Hall–Kier alpha value is -1.95. The van der Waals surface area contributed by atoms with E-state index >= 15 is 0 Å². The van der Waals surface area contributed by atoms with Crippen LogP contribution in [0, 0.1) is 0 Å². The highest BCUT2D eigenvalue weighted by Crippen LogP contribution is 2.11. The molecule has 106 valence electrons. The number of carbonyl (C=O) groups excluding carboxylic acids is 2. The zero-order valence-corrected chi connectivity index (χ0v) is 12.2. The SMILES string of the molecule is CN1CCCN(C(=O)c2cccc(C(N)=S)c2)CC1=O. The largest absolute Gasteiger partial charge is 0.389 e. The van der Waals surface area contributed by atoms with E-state index in [4.69, 9.17) is 18.0 Å². The Morgan fingerprint density at radius 3 is 2.70 bits per heavy atom. The van der Waals surface area contributed by atoms with Crippen LogP contribution in [0.2, 0.25) is 0 Å². The standard InChI is InChI=1S/C14H17N3O2S/c1-16-6-3-7-17(9-12(16)18)14(19)11-5-2-4-10(8-11)13(15)20/h2,4-5,8H,3,6-7,9H2,1H3,(H2,15,20). The highest BCUT2D eigenvalue weighted by Gasteiger charge is 2.23. The monoisotopic (exact) mass is 291 g/mol. The van der Waals surface area contributed by atoms with Crippen molar-refractivity contribution in [1.29, 1.82) is 0 Å². The maximum atomic E-state index is 12.5. The van der Waals surface area contributed by atoms with Gasteiger partial charge in [-0.3, -0.25) is 9.59 Å². The van der Waals surface area contributed by atoms with Crippen molar-refractivity contribution in [3.8, 4) is 0 Å². The molecule has 1 aromatic carbocycles. The molecule has 5 nitrogen and oxygen atoms in total. The second kappa shape index (κ2) is 6.00. The van der Waals surface area contributed by atoms with Gasteiger partial charge in [0.15, 0.2) is 0 Å². The molecule has 1 heterocycles. The minimum absolute atomic E-state index is 0.0404. The predicted octanol–water partition coefficient (Wildman–Crippen LogP) is 0.625. The van der Waals surface area contributed by atoms with Gasteiger partial charge in [-0.2, -0.15) is 0 Å². The zero-order valence-electron chi connectivity index (χ0n) is 11.3. The van der Waals surface area contributed by atoms with Gasteiger partial charge in [0.25, 0.3) is 5.91 Å². The van der Waals surface area contributed by atoms with Gasteiger partial charge >= 0.3 is 0 Å². The van der Waals surface area contributed by atoms with E-state index in [1.165, 1.54) is 0 Å². The van der Waals surface area contributed by atoms with Crippen LogP contribution < -0.4 is 5.73 Å². The zero-order chi connectivity index (χ0) is 14.7. The summed E-state index contributed by atoms with van der Waals surface area (Å²) >= 11 is 4.91. The van der Waals surface area contributed by atoms with E-state index < -0.39 is 0 Å². The van der Waals surface area contributed by atoms with E-state index in [2.05, 4.69) is 0 Å². The van der Waals surface area contributed by atoms with Crippen LogP contribution in [0.15, 0.2) is 24.3 Å². The van der Waals surface area contributed by atoms with Gasteiger partial charge in [0.1, 0.15) is 11.5 Å². The average molecular weight is 291 g/mol. The van der Waals surface area contributed by atoms with Gasteiger partial charge < -0.3 is 15.5 Å². The van der Waals surface area contributed by atoms with Gasteiger partial charge in [-0.25, -0.2) is 0 Å². The van der Waals surface area contributed by atoms with Gasteiger partial charge in [-0.15, -0.1) is 0 Å². The van der Waals surface area contributed by atoms with Crippen molar-refractivity contribution < 1.29 is 9.59 Å². The molecule has 1 aromatic rings. The number of rotatable bonds is 2. The summed E-state index contributed by atoms with van der Waals surface area (Å²) in [6, 6.07) is 6.89. The number of likely N-dealkylation sites (N-methyl/N-ethyl adjacent to an activating group) is 1. The van der Waals surface area contributed by atoms with E-state index in [0.29, 0.717) is 24.2 Å². The Balaban J connectivity index is 2.20. The summed E-state index contributed by atoms with van der Waals surface area (Å²) in [6.07, 6.45) is 0.781. The van der Waals surface area contributed by atoms with E-state index in [1.807, 2.05) is 0 Å². The lowest BCUT2D eigenvalue weighted by Crippen LogP contribution is -2.38. The summed E-state index contributed by atoms with van der Waals surface area (Å²) in [6.45, 7) is 1.37. The summed E-state index contributed by atoms with van der Waals surface area (Å²) in [7, 11) is 1.75. The molecule has 0 aromatic heterocycles. The fourth-order valence-electron chi connectivity index (χ4n) is 2.15. The molecule has 1 fully saturated rings.